The van der Waals surface area contributed by atoms with Gasteiger partial charge in [0.05, 0.1) is 5.69 Å². The zero-order valence-electron chi connectivity index (χ0n) is 11.0. The Hall–Kier alpha value is -2.21. The Balaban J connectivity index is 1.96. The largest absolute Gasteiger partial charge is 0.443 e. The molecule has 0 aliphatic heterocycles. The fraction of sp³-hybridized carbons (Fsp3) is 0.0667. The van der Waals surface area contributed by atoms with Crippen LogP contribution in [0, 0.1) is 5.82 Å². The van der Waals surface area contributed by atoms with Gasteiger partial charge in [0, 0.05) is 17.1 Å². The summed E-state index contributed by atoms with van der Waals surface area (Å²) >= 11 is 3.19. The van der Waals surface area contributed by atoms with E-state index in [-0.39, 0.29) is 11.6 Å². The molecule has 1 heterocycles. The van der Waals surface area contributed by atoms with E-state index in [1.165, 1.54) is 24.4 Å². The maximum atomic E-state index is 13.9. The molecule has 0 atom stereocenters. The summed E-state index contributed by atoms with van der Waals surface area (Å²) in [6.45, 7) is 0. The molecule has 0 saturated carbocycles. The summed E-state index contributed by atoms with van der Waals surface area (Å²) in [6.07, 6.45) is 1.32. The van der Waals surface area contributed by atoms with Gasteiger partial charge in [-0.3, -0.25) is 4.79 Å². The van der Waals surface area contributed by atoms with Gasteiger partial charge in [0.2, 0.25) is 0 Å². The molecule has 3 rings (SSSR count). The van der Waals surface area contributed by atoms with E-state index in [2.05, 4.69) is 20.9 Å². The molecule has 1 aromatic heterocycles. The summed E-state index contributed by atoms with van der Waals surface area (Å²) in [5.74, 6) is -0.796. The second-order valence-corrected chi connectivity index (χ2v) is 5.41. The number of halogens is 2. The van der Waals surface area contributed by atoms with Crippen molar-refractivity contribution in [2.45, 2.75) is 0 Å². The minimum atomic E-state index is -0.471. The van der Waals surface area contributed by atoms with Crippen molar-refractivity contribution >= 4 is 38.6 Å². The van der Waals surface area contributed by atoms with E-state index in [0.717, 1.165) is 0 Å². The smallest absolute Gasteiger partial charge is 0.258 e. The number of amides is 1. The zero-order valence-corrected chi connectivity index (χ0v) is 12.6. The van der Waals surface area contributed by atoms with Crippen LogP contribution in [0.2, 0.25) is 0 Å². The molecule has 0 aliphatic carbocycles. The van der Waals surface area contributed by atoms with Crippen LogP contribution in [0.25, 0.3) is 11.1 Å². The number of aromatic nitrogens is 1. The van der Waals surface area contributed by atoms with E-state index < -0.39 is 5.82 Å². The molecule has 0 radical (unpaired) electrons. The van der Waals surface area contributed by atoms with Gasteiger partial charge < -0.3 is 9.32 Å². The molecule has 0 saturated heterocycles. The Morgan fingerprint density at radius 2 is 2.10 bits per heavy atom. The number of hydrogen-bond acceptors (Lipinski definition) is 3. The topological polar surface area (TPSA) is 46.3 Å². The van der Waals surface area contributed by atoms with Crippen LogP contribution in [0.5, 0.6) is 0 Å². The van der Waals surface area contributed by atoms with Crippen LogP contribution >= 0.6 is 15.9 Å². The molecule has 2 aromatic carbocycles. The number of anilines is 1. The third-order valence-electron chi connectivity index (χ3n) is 3.15. The van der Waals surface area contributed by atoms with E-state index in [1.54, 1.807) is 30.3 Å². The van der Waals surface area contributed by atoms with E-state index in [4.69, 9.17) is 4.42 Å². The van der Waals surface area contributed by atoms with Gasteiger partial charge in [-0.05, 0) is 36.4 Å². The van der Waals surface area contributed by atoms with E-state index in [1.807, 2.05) is 0 Å². The highest BCUT2D eigenvalue weighted by molar-refractivity contribution is 9.10. The molecular weight excluding hydrogens is 339 g/mol. The van der Waals surface area contributed by atoms with Gasteiger partial charge in [-0.25, -0.2) is 9.37 Å². The summed E-state index contributed by atoms with van der Waals surface area (Å²) in [5, 5.41) is 0. The average Bonchev–Trinajstić information content (AvgIpc) is 2.93. The molecule has 1 amide bonds. The van der Waals surface area contributed by atoms with E-state index in [9.17, 15) is 9.18 Å². The van der Waals surface area contributed by atoms with Crippen molar-refractivity contribution < 1.29 is 13.6 Å². The number of carbonyl (C=O) groups excluding carboxylic acids is 1. The van der Waals surface area contributed by atoms with Gasteiger partial charge in [-0.15, -0.1) is 0 Å². The van der Waals surface area contributed by atoms with Crippen LogP contribution in [-0.2, 0) is 0 Å². The first-order valence-corrected chi connectivity index (χ1v) is 6.92. The van der Waals surface area contributed by atoms with E-state index >= 15 is 0 Å². The summed E-state index contributed by atoms with van der Waals surface area (Å²) in [6, 6.07) is 9.47. The molecule has 0 aliphatic rings. The van der Waals surface area contributed by atoms with Gasteiger partial charge in [-0.2, -0.15) is 0 Å². The first-order chi connectivity index (χ1) is 10.1. The SMILES string of the molecule is CN(C(=O)c1ccc2ncoc2c1)c1ccc(Br)cc1F. The van der Waals surface area contributed by atoms with Crippen molar-refractivity contribution in [2.75, 3.05) is 11.9 Å². The molecule has 6 heteroatoms. The van der Waals surface area contributed by atoms with Crippen LogP contribution in [0.1, 0.15) is 10.4 Å². The van der Waals surface area contributed by atoms with Gasteiger partial charge >= 0.3 is 0 Å². The molecular formula is C15H10BrFN2O2. The van der Waals surface area contributed by atoms with Crippen LogP contribution in [0.15, 0.2) is 51.7 Å². The number of fused-ring (bicyclic) bond motifs is 1. The quantitative estimate of drug-likeness (QED) is 0.702. The van der Waals surface area contributed by atoms with Crippen molar-refractivity contribution in [2.24, 2.45) is 0 Å². The highest BCUT2D eigenvalue weighted by Crippen LogP contribution is 2.24. The van der Waals surface area contributed by atoms with Crippen molar-refractivity contribution in [1.82, 2.24) is 4.98 Å². The maximum Gasteiger partial charge on any atom is 0.258 e. The minimum Gasteiger partial charge on any atom is -0.443 e. The Labute approximate surface area is 128 Å². The lowest BCUT2D eigenvalue weighted by atomic mass is 10.1. The predicted molar refractivity (Wildman–Crippen MR) is 80.8 cm³/mol. The molecule has 0 spiro atoms. The number of nitrogens with zero attached hydrogens (tertiary/aromatic N) is 2. The van der Waals surface area contributed by atoms with Crippen LogP contribution in [-0.4, -0.2) is 17.9 Å². The highest BCUT2D eigenvalue weighted by atomic mass is 79.9. The lowest BCUT2D eigenvalue weighted by molar-refractivity contribution is 0.0992. The third-order valence-corrected chi connectivity index (χ3v) is 3.65. The van der Waals surface area contributed by atoms with Crippen molar-refractivity contribution in [1.29, 1.82) is 0 Å². The highest BCUT2D eigenvalue weighted by Gasteiger charge is 2.17. The standard InChI is InChI=1S/C15H10BrFN2O2/c1-19(13-5-3-10(16)7-11(13)17)15(20)9-2-4-12-14(6-9)21-8-18-12/h2-8H,1H3. The molecule has 21 heavy (non-hydrogen) atoms. The van der Waals surface area contributed by atoms with Gasteiger partial charge in [0.1, 0.15) is 11.3 Å². The molecule has 4 nitrogen and oxygen atoms in total. The Kier molecular flexibility index (Phi) is 3.47. The van der Waals surface area contributed by atoms with Crippen molar-refractivity contribution in [3.8, 4) is 0 Å². The number of hydrogen-bond donors (Lipinski definition) is 0. The molecule has 0 bridgehead atoms. The van der Waals surface area contributed by atoms with Crippen LogP contribution in [0.4, 0.5) is 10.1 Å². The monoisotopic (exact) mass is 348 g/mol. The minimum absolute atomic E-state index is 0.209. The number of rotatable bonds is 2. The predicted octanol–water partition coefficient (Wildman–Crippen LogP) is 4.01. The fourth-order valence-corrected chi connectivity index (χ4v) is 2.38. The summed E-state index contributed by atoms with van der Waals surface area (Å²) in [7, 11) is 1.53. The number of benzene rings is 2. The Morgan fingerprint density at radius 3 is 2.86 bits per heavy atom. The normalized spacial score (nSPS) is 10.8. The molecule has 3 aromatic rings. The van der Waals surface area contributed by atoms with Crippen molar-refractivity contribution in [3.63, 3.8) is 0 Å². The van der Waals surface area contributed by atoms with Gasteiger partial charge in [-0.1, -0.05) is 15.9 Å². The third kappa shape index (κ3) is 2.54. The fourth-order valence-electron chi connectivity index (χ4n) is 2.04. The first kappa shape index (κ1) is 13.8. The first-order valence-electron chi connectivity index (χ1n) is 6.12. The van der Waals surface area contributed by atoms with Gasteiger partial charge in [0.15, 0.2) is 12.0 Å². The zero-order chi connectivity index (χ0) is 15.0. The van der Waals surface area contributed by atoms with Crippen LogP contribution in [0.3, 0.4) is 0 Å². The average molecular weight is 349 g/mol. The summed E-state index contributed by atoms with van der Waals surface area (Å²) < 4.78 is 19.7. The van der Waals surface area contributed by atoms with E-state index in [0.29, 0.717) is 21.1 Å². The summed E-state index contributed by atoms with van der Waals surface area (Å²) in [5.41, 5.74) is 1.81. The molecule has 0 N–H and O–H groups in total. The second kappa shape index (κ2) is 5.29. The molecule has 0 fully saturated rings. The van der Waals surface area contributed by atoms with Crippen LogP contribution < -0.4 is 4.90 Å². The number of carbonyl (C=O) groups is 1. The van der Waals surface area contributed by atoms with Crippen molar-refractivity contribution in [3.05, 3.63) is 58.6 Å². The molecule has 0 unspecified atom stereocenters. The molecule has 106 valence electrons. The van der Waals surface area contributed by atoms with Gasteiger partial charge in [0.25, 0.3) is 5.91 Å². The number of oxazole rings is 1. The lowest BCUT2D eigenvalue weighted by Crippen LogP contribution is -2.27. The maximum absolute atomic E-state index is 13.9. The Morgan fingerprint density at radius 1 is 1.29 bits per heavy atom. The lowest BCUT2D eigenvalue weighted by Gasteiger charge is -2.18. The Bertz CT molecular complexity index is 831. The second-order valence-electron chi connectivity index (χ2n) is 4.49. The summed E-state index contributed by atoms with van der Waals surface area (Å²) in [4.78, 5) is 17.7.